The number of benzene rings is 1. The molecule has 6 nitrogen and oxygen atoms in total. The molecule has 1 aromatic rings. The molecule has 7 heteroatoms. The van der Waals surface area contributed by atoms with Crippen LogP contribution in [0.5, 0.6) is 5.75 Å². The van der Waals surface area contributed by atoms with Crippen LogP contribution in [0.3, 0.4) is 0 Å². The molecule has 0 radical (unpaired) electrons. The number of esters is 1. The number of hydrogen-bond acceptors (Lipinski definition) is 5. The molecule has 0 aliphatic rings. The molecule has 1 rings (SSSR count). The van der Waals surface area contributed by atoms with E-state index in [1.54, 1.807) is 12.1 Å². The molecule has 0 aromatic heterocycles. The Balaban J connectivity index is 2.75. The van der Waals surface area contributed by atoms with E-state index in [2.05, 4.69) is 9.46 Å². The lowest BCUT2D eigenvalue weighted by atomic mass is 10.3. The summed E-state index contributed by atoms with van der Waals surface area (Å²) in [5.74, 6) is -0.0612. The van der Waals surface area contributed by atoms with Crippen molar-refractivity contribution in [2.45, 2.75) is 11.8 Å². The van der Waals surface area contributed by atoms with E-state index < -0.39 is 22.5 Å². The molecule has 0 fully saturated rings. The third-order valence-electron chi connectivity index (χ3n) is 2.08. The highest BCUT2D eigenvalue weighted by molar-refractivity contribution is 7.89. The zero-order valence-corrected chi connectivity index (χ0v) is 11.0. The van der Waals surface area contributed by atoms with E-state index in [9.17, 15) is 13.2 Å². The molecule has 18 heavy (non-hydrogen) atoms. The van der Waals surface area contributed by atoms with Crippen molar-refractivity contribution in [3.05, 3.63) is 24.3 Å². The largest absolute Gasteiger partial charge is 0.494 e. The van der Waals surface area contributed by atoms with Crippen LogP contribution in [-0.4, -0.2) is 34.6 Å². The van der Waals surface area contributed by atoms with Gasteiger partial charge in [-0.3, -0.25) is 4.79 Å². The first-order chi connectivity index (χ1) is 8.49. The van der Waals surface area contributed by atoms with E-state index in [0.717, 1.165) is 0 Å². The van der Waals surface area contributed by atoms with Gasteiger partial charge in [-0.05, 0) is 31.2 Å². The summed E-state index contributed by atoms with van der Waals surface area (Å²) in [6.45, 7) is 1.95. The second-order valence-electron chi connectivity index (χ2n) is 3.31. The Labute approximate surface area is 106 Å². The van der Waals surface area contributed by atoms with Crippen LogP contribution in [0, 0.1) is 0 Å². The highest BCUT2D eigenvalue weighted by atomic mass is 32.2. The number of rotatable bonds is 6. The lowest BCUT2D eigenvalue weighted by Crippen LogP contribution is -2.30. The quantitative estimate of drug-likeness (QED) is 0.765. The van der Waals surface area contributed by atoms with Gasteiger partial charge >= 0.3 is 5.97 Å². The number of ether oxygens (including phenoxy) is 2. The van der Waals surface area contributed by atoms with E-state index >= 15 is 0 Å². The van der Waals surface area contributed by atoms with Crippen LogP contribution in [0.25, 0.3) is 0 Å². The minimum Gasteiger partial charge on any atom is -0.494 e. The molecule has 0 heterocycles. The Morgan fingerprint density at radius 1 is 1.28 bits per heavy atom. The van der Waals surface area contributed by atoms with Gasteiger partial charge in [0, 0.05) is 0 Å². The van der Waals surface area contributed by atoms with Crippen molar-refractivity contribution >= 4 is 16.0 Å². The summed E-state index contributed by atoms with van der Waals surface area (Å²) in [4.78, 5) is 10.9. The SMILES string of the molecule is CCOc1ccc(S(=O)(=O)NCC(=O)OC)cc1. The predicted octanol–water partition coefficient (Wildman–Crippen LogP) is 0.537. The Morgan fingerprint density at radius 3 is 2.39 bits per heavy atom. The summed E-state index contributed by atoms with van der Waals surface area (Å²) >= 11 is 0. The van der Waals surface area contributed by atoms with Gasteiger partial charge in [-0.1, -0.05) is 0 Å². The fraction of sp³-hybridized carbons (Fsp3) is 0.364. The first-order valence-electron chi connectivity index (χ1n) is 5.29. The normalized spacial score (nSPS) is 11.0. The summed E-state index contributed by atoms with van der Waals surface area (Å²) in [6.07, 6.45) is 0. The van der Waals surface area contributed by atoms with Crippen LogP contribution in [0.4, 0.5) is 0 Å². The monoisotopic (exact) mass is 273 g/mol. The maximum Gasteiger partial charge on any atom is 0.320 e. The second kappa shape index (κ2) is 6.36. The van der Waals surface area contributed by atoms with Gasteiger partial charge in [0.05, 0.1) is 18.6 Å². The molecule has 0 atom stereocenters. The fourth-order valence-corrected chi connectivity index (χ4v) is 2.16. The van der Waals surface area contributed by atoms with Crippen molar-refractivity contribution in [2.75, 3.05) is 20.3 Å². The predicted molar refractivity (Wildman–Crippen MR) is 64.8 cm³/mol. The first-order valence-corrected chi connectivity index (χ1v) is 6.77. The molecule has 0 aliphatic carbocycles. The van der Waals surface area contributed by atoms with E-state index in [-0.39, 0.29) is 4.90 Å². The molecule has 1 aromatic carbocycles. The number of carbonyl (C=O) groups excluding carboxylic acids is 1. The topological polar surface area (TPSA) is 81.7 Å². The summed E-state index contributed by atoms with van der Waals surface area (Å²) in [6, 6.07) is 5.92. The van der Waals surface area contributed by atoms with Crippen molar-refractivity contribution in [3.8, 4) is 5.75 Å². The summed E-state index contributed by atoms with van der Waals surface area (Å²) in [7, 11) is -2.52. The zero-order chi connectivity index (χ0) is 13.6. The molecule has 100 valence electrons. The Hall–Kier alpha value is -1.60. The highest BCUT2D eigenvalue weighted by Crippen LogP contribution is 2.15. The van der Waals surface area contributed by atoms with Crippen LogP contribution in [-0.2, 0) is 19.6 Å². The van der Waals surface area contributed by atoms with Gasteiger partial charge in [0.1, 0.15) is 12.3 Å². The van der Waals surface area contributed by atoms with Crippen molar-refractivity contribution in [2.24, 2.45) is 0 Å². The maximum atomic E-state index is 11.8. The number of methoxy groups -OCH3 is 1. The molecule has 0 saturated carbocycles. The molecule has 1 N–H and O–H groups in total. The van der Waals surface area contributed by atoms with Crippen LogP contribution in [0.15, 0.2) is 29.2 Å². The van der Waals surface area contributed by atoms with Gasteiger partial charge in [-0.2, -0.15) is 4.72 Å². The van der Waals surface area contributed by atoms with E-state index in [0.29, 0.717) is 12.4 Å². The molecule has 0 aliphatic heterocycles. The Bertz CT molecular complexity index is 495. The van der Waals surface area contributed by atoms with E-state index in [4.69, 9.17) is 4.74 Å². The van der Waals surface area contributed by atoms with Crippen LogP contribution >= 0.6 is 0 Å². The van der Waals surface area contributed by atoms with Gasteiger partial charge in [0.25, 0.3) is 0 Å². The average molecular weight is 273 g/mol. The Morgan fingerprint density at radius 2 is 1.89 bits per heavy atom. The summed E-state index contributed by atoms with van der Waals surface area (Å²) in [5.41, 5.74) is 0. The molecule has 0 saturated heterocycles. The standard InChI is InChI=1S/C11H15NO5S/c1-3-17-9-4-6-10(7-5-9)18(14,15)12-8-11(13)16-2/h4-7,12H,3,8H2,1-2H3. The average Bonchev–Trinajstić information content (AvgIpc) is 2.37. The van der Waals surface area contributed by atoms with Gasteiger partial charge in [0.15, 0.2) is 0 Å². The minimum absolute atomic E-state index is 0.0647. The molecule has 0 unspecified atom stereocenters. The fourth-order valence-electron chi connectivity index (χ4n) is 1.19. The highest BCUT2D eigenvalue weighted by Gasteiger charge is 2.15. The molecule has 0 spiro atoms. The molecular formula is C11H15NO5S. The van der Waals surface area contributed by atoms with E-state index in [1.807, 2.05) is 6.92 Å². The van der Waals surface area contributed by atoms with Crippen molar-refractivity contribution < 1.29 is 22.7 Å². The number of sulfonamides is 1. The van der Waals surface area contributed by atoms with Crippen molar-refractivity contribution in [3.63, 3.8) is 0 Å². The lowest BCUT2D eigenvalue weighted by Gasteiger charge is -2.07. The van der Waals surface area contributed by atoms with Crippen molar-refractivity contribution in [1.82, 2.24) is 4.72 Å². The van der Waals surface area contributed by atoms with E-state index in [1.165, 1.54) is 19.2 Å². The van der Waals surface area contributed by atoms with Crippen LogP contribution < -0.4 is 9.46 Å². The molecule has 0 amide bonds. The molecule has 0 bridgehead atoms. The lowest BCUT2D eigenvalue weighted by molar-refractivity contribution is -0.139. The summed E-state index contributed by atoms with van der Waals surface area (Å²) < 4.78 is 35.2. The number of hydrogen-bond donors (Lipinski definition) is 1. The van der Waals surface area contributed by atoms with Gasteiger partial charge in [0.2, 0.25) is 10.0 Å². The minimum atomic E-state index is -3.70. The van der Waals surface area contributed by atoms with Gasteiger partial charge in [-0.15, -0.1) is 0 Å². The molecular weight excluding hydrogens is 258 g/mol. The van der Waals surface area contributed by atoms with Gasteiger partial charge in [-0.25, -0.2) is 8.42 Å². The Kier molecular flexibility index (Phi) is 5.11. The zero-order valence-electron chi connectivity index (χ0n) is 10.2. The second-order valence-corrected chi connectivity index (χ2v) is 5.07. The summed E-state index contributed by atoms with van der Waals surface area (Å²) in [5, 5.41) is 0. The third-order valence-corrected chi connectivity index (χ3v) is 3.50. The number of carbonyl (C=O) groups is 1. The van der Waals surface area contributed by atoms with Crippen molar-refractivity contribution in [1.29, 1.82) is 0 Å². The van der Waals surface area contributed by atoms with Crippen LogP contribution in [0.1, 0.15) is 6.92 Å². The van der Waals surface area contributed by atoms with Crippen LogP contribution in [0.2, 0.25) is 0 Å². The number of nitrogens with one attached hydrogen (secondary N) is 1. The third kappa shape index (κ3) is 4.01. The first kappa shape index (κ1) is 14.5. The van der Waals surface area contributed by atoms with Gasteiger partial charge < -0.3 is 9.47 Å². The maximum absolute atomic E-state index is 11.8. The smallest absolute Gasteiger partial charge is 0.320 e.